The van der Waals surface area contributed by atoms with Gasteiger partial charge in [0.1, 0.15) is 12.3 Å². The Morgan fingerprint density at radius 2 is 2.11 bits per heavy atom. The Labute approximate surface area is 105 Å². The fourth-order valence-electron chi connectivity index (χ4n) is 1.67. The molecule has 0 aliphatic rings. The molecule has 0 aliphatic heterocycles. The van der Waals surface area contributed by atoms with Crippen LogP contribution < -0.4 is 5.32 Å². The van der Waals surface area contributed by atoms with Gasteiger partial charge < -0.3 is 19.2 Å². The van der Waals surface area contributed by atoms with E-state index in [0.29, 0.717) is 12.2 Å². The second-order valence-electron chi connectivity index (χ2n) is 3.85. The first-order valence-electron chi connectivity index (χ1n) is 5.53. The first-order chi connectivity index (χ1) is 8.74. The van der Waals surface area contributed by atoms with Crippen LogP contribution in [0.25, 0.3) is 11.0 Å². The lowest BCUT2D eigenvalue weighted by molar-refractivity contribution is 0.0846. The lowest BCUT2D eigenvalue weighted by Gasteiger charge is -1.99. The summed E-state index contributed by atoms with van der Waals surface area (Å²) in [6.45, 7) is 0.673. The van der Waals surface area contributed by atoms with E-state index in [1.165, 1.54) is 7.11 Å². The van der Waals surface area contributed by atoms with Gasteiger partial charge in [0.15, 0.2) is 5.76 Å². The quantitative estimate of drug-likeness (QED) is 0.822. The molecule has 0 bridgehead atoms. The van der Waals surface area contributed by atoms with Crippen LogP contribution in [-0.4, -0.2) is 26.9 Å². The number of furan rings is 1. The summed E-state index contributed by atoms with van der Waals surface area (Å²) in [6, 6.07) is 7.42. The fraction of sp³-hybridized carbons (Fsp3) is 0.308. The van der Waals surface area contributed by atoms with E-state index in [9.17, 15) is 4.79 Å². The number of hydrogen-bond acceptors (Lipinski definition) is 4. The van der Waals surface area contributed by atoms with E-state index >= 15 is 0 Å². The van der Waals surface area contributed by atoms with Crippen LogP contribution >= 0.6 is 0 Å². The van der Waals surface area contributed by atoms with E-state index in [0.717, 1.165) is 10.9 Å². The molecule has 1 heterocycles. The number of rotatable bonds is 5. The summed E-state index contributed by atoms with van der Waals surface area (Å²) in [6.07, 6.45) is 0. The van der Waals surface area contributed by atoms with Crippen LogP contribution in [0.15, 0.2) is 28.7 Å². The van der Waals surface area contributed by atoms with Gasteiger partial charge in [0, 0.05) is 19.6 Å². The molecule has 0 saturated carbocycles. The topological polar surface area (TPSA) is 60.7 Å². The molecule has 0 spiro atoms. The smallest absolute Gasteiger partial charge is 0.288 e. The molecule has 0 fully saturated rings. The molecule has 0 saturated heterocycles. The van der Waals surface area contributed by atoms with Crippen molar-refractivity contribution in [3.8, 4) is 0 Å². The number of carbonyl (C=O) groups excluding carboxylic acids is 1. The van der Waals surface area contributed by atoms with E-state index in [1.54, 1.807) is 13.2 Å². The predicted octanol–water partition coefficient (Wildman–Crippen LogP) is 1.91. The van der Waals surface area contributed by atoms with Gasteiger partial charge in [-0.1, -0.05) is 12.1 Å². The van der Waals surface area contributed by atoms with Crippen molar-refractivity contribution >= 4 is 16.9 Å². The molecule has 0 aliphatic carbocycles. The van der Waals surface area contributed by atoms with Crippen molar-refractivity contribution in [1.29, 1.82) is 0 Å². The Balaban J connectivity index is 2.23. The molecule has 0 atom stereocenters. The third kappa shape index (κ3) is 2.69. The molecule has 1 aromatic heterocycles. The van der Waals surface area contributed by atoms with Gasteiger partial charge in [0.05, 0.1) is 6.61 Å². The minimum absolute atomic E-state index is 0.158. The van der Waals surface area contributed by atoms with Crippen LogP contribution in [0, 0.1) is 0 Å². The van der Waals surface area contributed by atoms with Crippen LogP contribution in [-0.2, 0) is 16.1 Å². The molecule has 5 nitrogen and oxygen atoms in total. The summed E-state index contributed by atoms with van der Waals surface area (Å²) in [5.74, 6) is -0.0158. The predicted molar refractivity (Wildman–Crippen MR) is 66.3 cm³/mol. The van der Waals surface area contributed by atoms with E-state index in [-0.39, 0.29) is 18.4 Å². The SMILES string of the molecule is COCNC(=O)c1cc2ccc(COC)cc2o1. The Kier molecular flexibility index (Phi) is 3.96. The van der Waals surface area contributed by atoms with Crippen LogP contribution in [0.2, 0.25) is 0 Å². The maximum absolute atomic E-state index is 11.7. The average Bonchev–Trinajstić information content (AvgIpc) is 2.79. The number of nitrogens with one attached hydrogen (secondary N) is 1. The molecular formula is C13H15NO4. The zero-order valence-corrected chi connectivity index (χ0v) is 10.4. The first-order valence-corrected chi connectivity index (χ1v) is 5.53. The van der Waals surface area contributed by atoms with Crippen LogP contribution in [0.1, 0.15) is 16.1 Å². The monoisotopic (exact) mass is 249 g/mol. The van der Waals surface area contributed by atoms with Crippen LogP contribution in [0.3, 0.4) is 0 Å². The van der Waals surface area contributed by atoms with Gasteiger partial charge >= 0.3 is 0 Å². The number of ether oxygens (including phenoxy) is 2. The van der Waals surface area contributed by atoms with Crippen molar-refractivity contribution in [2.75, 3.05) is 21.0 Å². The van der Waals surface area contributed by atoms with Gasteiger partial charge in [-0.2, -0.15) is 0 Å². The largest absolute Gasteiger partial charge is 0.451 e. The summed E-state index contributed by atoms with van der Waals surface area (Å²) in [5, 5.41) is 3.46. The molecule has 18 heavy (non-hydrogen) atoms. The van der Waals surface area contributed by atoms with E-state index in [4.69, 9.17) is 13.9 Å². The minimum atomic E-state index is -0.290. The summed E-state index contributed by atoms with van der Waals surface area (Å²) < 4.78 is 15.3. The normalized spacial score (nSPS) is 10.8. The maximum atomic E-state index is 11.7. The molecular weight excluding hydrogens is 234 g/mol. The Morgan fingerprint density at radius 1 is 1.28 bits per heavy atom. The highest BCUT2D eigenvalue weighted by atomic mass is 16.5. The maximum Gasteiger partial charge on any atom is 0.288 e. The summed E-state index contributed by atoms with van der Waals surface area (Å²) in [7, 11) is 3.14. The highest BCUT2D eigenvalue weighted by Crippen LogP contribution is 2.21. The molecule has 5 heteroatoms. The summed E-state index contributed by atoms with van der Waals surface area (Å²) in [4.78, 5) is 11.7. The van der Waals surface area contributed by atoms with Gasteiger partial charge in [-0.05, 0) is 17.7 Å². The number of fused-ring (bicyclic) bond motifs is 1. The third-order valence-corrected chi connectivity index (χ3v) is 2.50. The number of amides is 1. The van der Waals surface area contributed by atoms with Crippen molar-refractivity contribution < 1.29 is 18.7 Å². The summed E-state index contributed by atoms with van der Waals surface area (Å²) >= 11 is 0. The number of benzene rings is 1. The third-order valence-electron chi connectivity index (χ3n) is 2.50. The molecule has 1 amide bonds. The van der Waals surface area contributed by atoms with Crippen molar-refractivity contribution in [2.24, 2.45) is 0 Å². The van der Waals surface area contributed by atoms with Gasteiger partial charge in [-0.3, -0.25) is 4.79 Å². The van der Waals surface area contributed by atoms with Gasteiger partial charge in [-0.25, -0.2) is 0 Å². The van der Waals surface area contributed by atoms with Gasteiger partial charge in [-0.15, -0.1) is 0 Å². The molecule has 0 unspecified atom stereocenters. The number of methoxy groups -OCH3 is 2. The molecule has 0 radical (unpaired) electrons. The average molecular weight is 249 g/mol. The first kappa shape index (κ1) is 12.6. The Morgan fingerprint density at radius 3 is 2.83 bits per heavy atom. The lowest BCUT2D eigenvalue weighted by atomic mass is 10.2. The Hall–Kier alpha value is -1.85. The Bertz CT molecular complexity index is 547. The second-order valence-corrected chi connectivity index (χ2v) is 3.85. The zero-order valence-electron chi connectivity index (χ0n) is 10.4. The zero-order chi connectivity index (χ0) is 13.0. The highest BCUT2D eigenvalue weighted by molar-refractivity contribution is 5.96. The van der Waals surface area contributed by atoms with E-state index in [2.05, 4.69) is 5.32 Å². The van der Waals surface area contributed by atoms with Crippen molar-refractivity contribution in [2.45, 2.75) is 6.61 Å². The number of hydrogen-bond donors (Lipinski definition) is 1. The molecule has 1 aromatic carbocycles. The lowest BCUT2D eigenvalue weighted by Crippen LogP contribution is -2.24. The van der Waals surface area contributed by atoms with Gasteiger partial charge in [0.25, 0.3) is 5.91 Å². The fourth-order valence-corrected chi connectivity index (χ4v) is 1.67. The van der Waals surface area contributed by atoms with Crippen molar-refractivity contribution in [1.82, 2.24) is 5.32 Å². The van der Waals surface area contributed by atoms with Crippen molar-refractivity contribution in [3.05, 3.63) is 35.6 Å². The number of carbonyl (C=O) groups is 1. The van der Waals surface area contributed by atoms with E-state index < -0.39 is 0 Å². The molecule has 1 N–H and O–H groups in total. The highest BCUT2D eigenvalue weighted by Gasteiger charge is 2.11. The van der Waals surface area contributed by atoms with Crippen LogP contribution in [0.5, 0.6) is 0 Å². The molecule has 2 aromatic rings. The summed E-state index contributed by atoms with van der Waals surface area (Å²) in [5.41, 5.74) is 1.68. The second kappa shape index (κ2) is 5.66. The van der Waals surface area contributed by atoms with Gasteiger partial charge in [0.2, 0.25) is 0 Å². The van der Waals surface area contributed by atoms with Crippen molar-refractivity contribution in [3.63, 3.8) is 0 Å². The minimum Gasteiger partial charge on any atom is -0.451 e. The molecule has 2 rings (SSSR count). The van der Waals surface area contributed by atoms with Crippen LogP contribution in [0.4, 0.5) is 0 Å². The molecule has 96 valence electrons. The standard InChI is InChI=1S/C13H15NO4/c1-16-7-9-3-4-10-6-12(18-11(10)5-9)13(15)14-8-17-2/h3-6H,7-8H2,1-2H3,(H,14,15). The van der Waals surface area contributed by atoms with E-state index in [1.807, 2.05) is 18.2 Å².